The number of carboxylic acid groups (broad SMARTS) is 1. The van der Waals surface area contributed by atoms with Crippen LogP contribution in [0.1, 0.15) is 37.4 Å². The van der Waals surface area contributed by atoms with Crippen LogP contribution in [0.4, 0.5) is 0 Å². The summed E-state index contributed by atoms with van der Waals surface area (Å²) in [5.74, 6) is -2.06. The van der Waals surface area contributed by atoms with Crippen LogP contribution in [0.2, 0.25) is 10.0 Å². The normalized spacial score (nSPS) is 15.1. The maximum Gasteiger partial charge on any atom is 0.341 e. The molecule has 0 aromatic heterocycles. The number of rotatable bonds is 1. The van der Waals surface area contributed by atoms with Gasteiger partial charge in [0, 0.05) is 28.8 Å². The maximum atomic E-state index is 12.9. The van der Waals surface area contributed by atoms with Crippen LogP contribution in [-0.4, -0.2) is 27.3 Å². The van der Waals surface area contributed by atoms with Gasteiger partial charge in [-0.1, -0.05) is 23.2 Å². The summed E-state index contributed by atoms with van der Waals surface area (Å²) >= 11 is 12.8. The highest BCUT2D eigenvalue weighted by molar-refractivity contribution is 6.39. The number of ether oxygens (including phenoxy) is 2. The van der Waals surface area contributed by atoms with E-state index in [1.54, 1.807) is 0 Å². The van der Waals surface area contributed by atoms with Gasteiger partial charge >= 0.3 is 11.9 Å². The summed E-state index contributed by atoms with van der Waals surface area (Å²) in [6.45, 7) is 0. The number of fused-ring (bicyclic) bond motifs is 6. The molecule has 0 bridgehead atoms. The van der Waals surface area contributed by atoms with E-state index in [4.69, 9.17) is 32.7 Å². The van der Waals surface area contributed by atoms with Gasteiger partial charge in [-0.3, -0.25) is 0 Å². The van der Waals surface area contributed by atoms with Crippen LogP contribution in [0.3, 0.4) is 0 Å². The molecule has 5 rings (SSSR count). The minimum absolute atomic E-state index is 0.0439. The number of hydrogen-bond acceptors (Lipinski definition) is 6. The van der Waals surface area contributed by atoms with E-state index in [0.29, 0.717) is 11.1 Å². The molecule has 2 aliphatic rings. The van der Waals surface area contributed by atoms with E-state index in [-0.39, 0.29) is 49.7 Å². The Morgan fingerprint density at radius 2 is 1.50 bits per heavy atom. The van der Waals surface area contributed by atoms with Crippen LogP contribution in [0.5, 0.6) is 23.0 Å². The van der Waals surface area contributed by atoms with Gasteiger partial charge in [-0.2, -0.15) is 0 Å². The molecule has 7 nitrogen and oxygen atoms in total. The van der Waals surface area contributed by atoms with Crippen molar-refractivity contribution in [3.05, 3.63) is 80.3 Å². The highest BCUT2D eigenvalue weighted by Gasteiger charge is 2.56. The minimum Gasteiger partial charge on any atom is -0.508 e. The molecule has 0 aliphatic carbocycles. The number of benzene rings is 3. The number of hydrogen-bond donors (Lipinski definition) is 3. The average Bonchev–Trinajstić information content (AvgIpc) is 2.98. The zero-order valence-electron chi connectivity index (χ0n) is 14.8. The molecule has 3 aromatic carbocycles. The SMILES string of the molecule is O=C(O)c1cc(Cl)c2c(c1Cl)C(=O)OC21c2ccc(O)cc2Oc2cc(O)ccc21. The van der Waals surface area contributed by atoms with Crippen LogP contribution in [0.15, 0.2) is 42.5 Å². The summed E-state index contributed by atoms with van der Waals surface area (Å²) in [4.78, 5) is 24.5. The molecule has 9 heteroatoms. The summed E-state index contributed by atoms with van der Waals surface area (Å²) in [5.41, 5.74) is -1.25. The Bertz CT molecular complexity index is 1250. The third-order valence-corrected chi connectivity index (χ3v) is 5.85. The number of esters is 1. The monoisotopic (exact) mass is 444 g/mol. The first kappa shape index (κ1) is 18.6. The molecule has 0 radical (unpaired) electrons. The zero-order chi connectivity index (χ0) is 21.4. The Morgan fingerprint density at radius 3 is 2.03 bits per heavy atom. The van der Waals surface area contributed by atoms with Crippen molar-refractivity contribution in [1.82, 2.24) is 0 Å². The molecule has 0 fully saturated rings. The highest BCUT2D eigenvalue weighted by atomic mass is 35.5. The smallest absolute Gasteiger partial charge is 0.341 e. The third-order valence-electron chi connectivity index (χ3n) is 5.16. The summed E-state index contributed by atoms with van der Waals surface area (Å²) < 4.78 is 11.7. The average molecular weight is 445 g/mol. The first-order valence-corrected chi connectivity index (χ1v) is 9.33. The van der Waals surface area contributed by atoms with Crippen LogP contribution in [0.25, 0.3) is 0 Å². The fraction of sp³-hybridized carbons (Fsp3) is 0.0476. The van der Waals surface area contributed by atoms with Gasteiger partial charge in [-0.05, 0) is 30.3 Å². The molecular weight excluding hydrogens is 435 g/mol. The summed E-state index contributed by atoms with van der Waals surface area (Å²) in [6, 6.07) is 9.62. The second kappa shape index (κ2) is 6.04. The van der Waals surface area contributed by atoms with Crippen molar-refractivity contribution >= 4 is 35.1 Å². The predicted octanol–water partition coefficient (Wildman–Crippen LogP) is 4.67. The number of phenols is 2. The second-order valence-corrected chi connectivity index (χ2v) is 7.59. The molecule has 2 heterocycles. The molecule has 0 saturated carbocycles. The van der Waals surface area contributed by atoms with Gasteiger partial charge < -0.3 is 24.8 Å². The predicted molar refractivity (Wildman–Crippen MR) is 105 cm³/mol. The molecule has 30 heavy (non-hydrogen) atoms. The minimum atomic E-state index is -1.62. The number of aromatic carboxylic acids is 1. The van der Waals surface area contributed by atoms with E-state index >= 15 is 0 Å². The lowest BCUT2D eigenvalue weighted by atomic mass is 9.77. The van der Waals surface area contributed by atoms with Crippen molar-refractivity contribution in [2.45, 2.75) is 5.60 Å². The van der Waals surface area contributed by atoms with Gasteiger partial charge in [-0.25, -0.2) is 9.59 Å². The quantitative estimate of drug-likeness (QED) is 0.467. The first-order valence-electron chi connectivity index (χ1n) is 8.58. The molecule has 150 valence electrons. The molecule has 0 amide bonds. The van der Waals surface area contributed by atoms with Gasteiger partial charge in [0.1, 0.15) is 23.0 Å². The van der Waals surface area contributed by atoms with Crippen LogP contribution in [-0.2, 0) is 10.3 Å². The van der Waals surface area contributed by atoms with E-state index in [0.717, 1.165) is 6.07 Å². The van der Waals surface area contributed by atoms with Gasteiger partial charge in [0.25, 0.3) is 0 Å². The number of carboxylic acids is 1. The van der Waals surface area contributed by atoms with Crippen LogP contribution < -0.4 is 4.74 Å². The van der Waals surface area contributed by atoms with Crippen molar-refractivity contribution in [3.63, 3.8) is 0 Å². The number of aromatic hydroxyl groups is 2. The Kier molecular flexibility index (Phi) is 3.75. The van der Waals surface area contributed by atoms with Gasteiger partial charge in [0.05, 0.1) is 21.2 Å². The van der Waals surface area contributed by atoms with Crippen LogP contribution in [0, 0.1) is 0 Å². The summed E-state index contributed by atoms with van der Waals surface area (Å²) in [6.07, 6.45) is 0. The molecule has 2 aliphatic heterocycles. The first-order chi connectivity index (χ1) is 14.2. The molecule has 0 atom stereocenters. The lowest BCUT2D eigenvalue weighted by Crippen LogP contribution is -2.33. The molecule has 3 N–H and O–H groups in total. The lowest BCUT2D eigenvalue weighted by molar-refractivity contribution is 0.0224. The van der Waals surface area contributed by atoms with E-state index in [1.807, 2.05) is 0 Å². The summed E-state index contributed by atoms with van der Waals surface area (Å²) in [7, 11) is 0. The Balaban J connectivity index is 1.94. The fourth-order valence-corrected chi connectivity index (χ4v) is 4.62. The topological polar surface area (TPSA) is 113 Å². The van der Waals surface area contributed by atoms with Crippen molar-refractivity contribution in [2.75, 3.05) is 0 Å². The standard InChI is InChI=1S/C21H10Cl2O7/c22-13-7-10(19(26)27)18(23)16-17(13)21(30-20(16)28)11-3-1-8(24)5-14(11)29-15-6-9(25)2-4-12(15)21/h1-7,24-25H,(H,26,27). The Morgan fingerprint density at radius 1 is 0.933 bits per heavy atom. The van der Waals surface area contributed by atoms with Crippen LogP contribution >= 0.6 is 23.2 Å². The highest BCUT2D eigenvalue weighted by Crippen LogP contribution is 2.59. The Hall–Kier alpha value is -3.42. The molecule has 1 spiro atoms. The second-order valence-electron chi connectivity index (χ2n) is 6.81. The van der Waals surface area contributed by atoms with E-state index < -0.39 is 17.5 Å². The molecule has 0 saturated heterocycles. The van der Waals surface area contributed by atoms with E-state index in [2.05, 4.69) is 0 Å². The van der Waals surface area contributed by atoms with Gasteiger partial charge in [0.15, 0.2) is 5.60 Å². The van der Waals surface area contributed by atoms with Gasteiger partial charge in [0.2, 0.25) is 0 Å². The van der Waals surface area contributed by atoms with Crippen molar-refractivity contribution < 1.29 is 34.4 Å². The lowest BCUT2D eigenvalue weighted by Gasteiger charge is -2.36. The fourth-order valence-electron chi connectivity index (χ4n) is 3.97. The third kappa shape index (κ3) is 2.27. The van der Waals surface area contributed by atoms with E-state index in [9.17, 15) is 24.9 Å². The number of carbonyl (C=O) groups excluding carboxylic acids is 1. The van der Waals surface area contributed by atoms with Crippen molar-refractivity contribution in [2.24, 2.45) is 0 Å². The number of phenolic OH excluding ortho intramolecular Hbond substituents is 2. The van der Waals surface area contributed by atoms with E-state index in [1.165, 1.54) is 36.4 Å². The number of halogens is 2. The largest absolute Gasteiger partial charge is 0.508 e. The van der Waals surface area contributed by atoms with Gasteiger partial charge in [-0.15, -0.1) is 0 Å². The number of carbonyl (C=O) groups is 2. The summed E-state index contributed by atoms with van der Waals surface area (Å²) in [5, 5.41) is 28.9. The molecule has 0 unspecified atom stereocenters. The molecular formula is C21H10Cl2O7. The van der Waals surface area contributed by atoms with Crippen molar-refractivity contribution in [3.8, 4) is 23.0 Å². The Labute approximate surface area is 178 Å². The molecule has 3 aromatic rings. The van der Waals surface area contributed by atoms with Crippen molar-refractivity contribution in [1.29, 1.82) is 0 Å². The zero-order valence-corrected chi connectivity index (χ0v) is 16.3. The maximum absolute atomic E-state index is 12.9.